The molecule has 2 aliphatic rings. The summed E-state index contributed by atoms with van der Waals surface area (Å²) in [5.74, 6) is 0.105. The number of nitrogens with zero attached hydrogens (tertiary/aromatic N) is 2. The predicted molar refractivity (Wildman–Crippen MR) is 63.7 cm³/mol. The molecule has 2 heterocycles. The fraction of sp³-hybridized carbons (Fsp3) is 0.917. The zero-order valence-electron chi connectivity index (χ0n) is 10.5. The second-order valence-electron chi connectivity index (χ2n) is 4.98. The third kappa shape index (κ3) is 3.18. The summed E-state index contributed by atoms with van der Waals surface area (Å²) in [5.41, 5.74) is 0. The van der Waals surface area contributed by atoms with Crippen molar-refractivity contribution < 1.29 is 14.6 Å². The van der Waals surface area contributed by atoms with Crippen LogP contribution in [0, 0.1) is 0 Å². The molecule has 2 fully saturated rings. The quantitative estimate of drug-likeness (QED) is 0.735. The molecule has 1 unspecified atom stereocenters. The van der Waals surface area contributed by atoms with Crippen LogP contribution in [0.1, 0.15) is 19.3 Å². The third-order valence-corrected chi connectivity index (χ3v) is 3.59. The van der Waals surface area contributed by atoms with E-state index in [0.29, 0.717) is 19.6 Å². The van der Waals surface area contributed by atoms with Crippen molar-refractivity contribution in [2.24, 2.45) is 0 Å². The molecule has 0 radical (unpaired) electrons. The highest BCUT2D eigenvalue weighted by atomic mass is 16.5. The Morgan fingerprint density at radius 2 is 2.00 bits per heavy atom. The van der Waals surface area contributed by atoms with E-state index in [4.69, 9.17) is 4.74 Å². The molecule has 1 amide bonds. The largest absolute Gasteiger partial charge is 0.390 e. The van der Waals surface area contributed by atoms with Crippen LogP contribution in [-0.4, -0.2) is 72.9 Å². The van der Waals surface area contributed by atoms with Crippen molar-refractivity contribution in [2.45, 2.75) is 31.5 Å². The van der Waals surface area contributed by atoms with Gasteiger partial charge in [-0.25, -0.2) is 0 Å². The van der Waals surface area contributed by atoms with Gasteiger partial charge in [0.2, 0.25) is 0 Å². The lowest BCUT2D eigenvalue weighted by molar-refractivity contribution is -0.146. The monoisotopic (exact) mass is 242 g/mol. The number of carbonyl (C=O) groups excluding carboxylic acids is 1. The van der Waals surface area contributed by atoms with Crippen molar-refractivity contribution in [3.8, 4) is 0 Å². The van der Waals surface area contributed by atoms with Gasteiger partial charge in [0.1, 0.15) is 6.10 Å². The lowest BCUT2D eigenvalue weighted by Crippen LogP contribution is -2.56. The van der Waals surface area contributed by atoms with E-state index in [1.54, 1.807) is 7.11 Å². The Bertz CT molecular complexity index is 260. The molecule has 1 N–H and O–H groups in total. The first-order valence-electron chi connectivity index (χ1n) is 6.42. The molecule has 2 saturated heterocycles. The zero-order valence-corrected chi connectivity index (χ0v) is 10.5. The van der Waals surface area contributed by atoms with Gasteiger partial charge in [-0.05, 0) is 19.3 Å². The Morgan fingerprint density at radius 3 is 2.53 bits per heavy atom. The molecule has 0 aromatic carbocycles. The smallest absolute Gasteiger partial charge is 0.253 e. The van der Waals surface area contributed by atoms with Gasteiger partial charge in [-0.15, -0.1) is 0 Å². The maximum atomic E-state index is 12.2. The summed E-state index contributed by atoms with van der Waals surface area (Å²) in [7, 11) is 1.59. The number of hydrogen-bond donors (Lipinski definition) is 1. The SMILES string of the molecule is COC(CN1CC(O)C1)C(=O)N1CCCCC1. The summed E-state index contributed by atoms with van der Waals surface area (Å²) >= 11 is 0. The molecule has 0 aromatic rings. The van der Waals surface area contributed by atoms with Gasteiger partial charge in [0, 0.05) is 39.8 Å². The Kier molecular flexibility index (Phi) is 4.36. The number of aliphatic hydroxyl groups is 1. The molecule has 2 aliphatic heterocycles. The van der Waals surface area contributed by atoms with E-state index in [1.807, 2.05) is 4.90 Å². The number of piperidine rings is 1. The summed E-state index contributed by atoms with van der Waals surface area (Å²) in [6.45, 7) is 3.64. The molecule has 1 atom stereocenters. The molecule has 0 aliphatic carbocycles. The first-order valence-corrected chi connectivity index (χ1v) is 6.42. The molecule has 0 bridgehead atoms. The number of carbonyl (C=O) groups is 1. The standard InChI is InChI=1S/C12H22N2O3/c1-17-11(9-13-7-10(15)8-13)12(16)14-5-3-2-4-6-14/h10-11,15H,2-9H2,1H3. The van der Waals surface area contributed by atoms with Gasteiger partial charge in [0.05, 0.1) is 6.10 Å². The van der Waals surface area contributed by atoms with Crippen LogP contribution in [-0.2, 0) is 9.53 Å². The number of rotatable bonds is 4. The highest BCUT2D eigenvalue weighted by molar-refractivity contribution is 5.81. The minimum absolute atomic E-state index is 0.105. The van der Waals surface area contributed by atoms with Crippen molar-refractivity contribution in [3.63, 3.8) is 0 Å². The second-order valence-corrected chi connectivity index (χ2v) is 4.98. The summed E-state index contributed by atoms with van der Waals surface area (Å²) in [6, 6.07) is 0. The number of hydrogen-bond acceptors (Lipinski definition) is 4. The van der Waals surface area contributed by atoms with E-state index in [2.05, 4.69) is 4.90 Å². The molecule has 98 valence electrons. The lowest BCUT2D eigenvalue weighted by Gasteiger charge is -2.38. The van der Waals surface area contributed by atoms with Crippen molar-refractivity contribution in [2.75, 3.05) is 39.8 Å². The number of aliphatic hydroxyl groups excluding tert-OH is 1. The van der Waals surface area contributed by atoms with Crippen LogP contribution in [0.25, 0.3) is 0 Å². The highest BCUT2D eigenvalue weighted by Gasteiger charge is 2.31. The predicted octanol–water partition coefficient (Wildman–Crippen LogP) is -0.310. The van der Waals surface area contributed by atoms with Crippen LogP contribution in [0.15, 0.2) is 0 Å². The van der Waals surface area contributed by atoms with Crippen LogP contribution in [0.3, 0.4) is 0 Å². The van der Waals surface area contributed by atoms with Gasteiger partial charge < -0.3 is 14.7 Å². The normalized spacial score (nSPS) is 24.5. The number of methoxy groups -OCH3 is 1. The van der Waals surface area contributed by atoms with Crippen LogP contribution >= 0.6 is 0 Å². The van der Waals surface area contributed by atoms with E-state index < -0.39 is 0 Å². The van der Waals surface area contributed by atoms with Crippen LogP contribution in [0.5, 0.6) is 0 Å². The van der Waals surface area contributed by atoms with Gasteiger partial charge in [-0.3, -0.25) is 9.69 Å². The summed E-state index contributed by atoms with van der Waals surface area (Å²) in [4.78, 5) is 16.2. The van der Waals surface area contributed by atoms with E-state index >= 15 is 0 Å². The molecular formula is C12H22N2O3. The molecule has 0 aromatic heterocycles. The Labute approximate surface area is 102 Å². The van der Waals surface area contributed by atoms with Gasteiger partial charge in [0.25, 0.3) is 5.91 Å². The minimum atomic E-state index is -0.374. The first kappa shape index (κ1) is 12.8. The van der Waals surface area contributed by atoms with Gasteiger partial charge in [-0.2, -0.15) is 0 Å². The van der Waals surface area contributed by atoms with Crippen molar-refractivity contribution in [1.29, 1.82) is 0 Å². The number of β-amino-alcohol motifs (C(OH)–C–C–N with tert-alkyl or cyclic N) is 1. The summed E-state index contributed by atoms with van der Waals surface area (Å²) < 4.78 is 5.29. The van der Waals surface area contributed by atoms with Crippen molar-refractivity contribution in [1.82, 2.24) is 9.80 Å². The van der Waals surface area contributed by atoms with Crippen LogP contribution < -0.4 is 0 Å². The topological polar surface area (TPSA) is 53.0 Å². The Hall–Kier alpha value is -0.650. The van der Waals surface area contributed by atoms with Gasteiger partial charge >= 0.3 is 0 Å². The van der Waals surface area contributed by atoms with Crippen LogP contribution in [0.4, 0.5) is 0 Å². The first-order chi connectivity index (χ1) is 8.20. The fourth-order valence-corrected chi connectivity index (χ4v) is 2.50. The van der Waals surface area contributed by atoms with Gasteiger partial charge in [-0.1, -0.05) is 0 Å². The van der Waals surface area contributed by atoms with E-state index in [0.717, 1.165) is 25.9 Å². The summed E-state index contributed by atoms with van der Waals surface area (Å²) in [5, 5.41) is 9.21. The average molecular weight is 242 g/mol. The molecule has 2 rings (SSSR count). The number of amides is 1. The second kappa shape index (κ2) is 5.80. The van der Waals surface area contributed by atoms with Crippen molar-refractivity contribution in [3.05, 3.63) is 0 Å². The van der Waals surface area contributed by atoms with Crippen LogP contribution in [0.2, 0.25) is 0 Å². The molecule has 0 spiro atoms. The fourth-order valence-electron chi connectivity index (χ4n) is 2.50. The molecule has 17 heavy (non-hydrogen) atoms. The minimum Gasteiger partial charge on any atom is -0.390 e. The maximum Gasteiger partial charge on any atom is 0.253 e. The van der Waals surface area contributed by atoms with Crippen molar-refractivity contribution >= 4 is 5.91 Å². The number of ether oxygens (including phenoxy) is 1. The maximum absolute atomic E-state index is 12.2. The third-order valence-electron chi connectivity index (χ3n) is 3.59. The zero-order chi connectivity index (χ0) is 12.3. The van der Waals surface area contributed by atoms with E-state index in [1.165, 1.54) is 6.42 Å². The Balaban J connectivity index is 1.81. The van der Waals surface area contributed by atoms with Gasteiger partial charge in [0.15, 0.2) is 0 Å². The Morgan fingerprint density at radius 1 is 1.35 bits per heavy atom. The molecule has 5 heteroatoms. The molecule has 0 saturated carbocycles. The van der Waals surface area contributed by atoms with E-state index in [-0.39, 0.29) is 18.1 Å². The highest BCUT2D eigenvalue weighted by Crippen LogP contribution is 2.14. The van der Waals surface area contributed by atoms with E-state index in [9.17, 15) is 9.90 Å². The average Bonchev–Trinajstić information content (AvgIpc) is 2.33. The number of likely N-dealkylation sites (tertiary alicyclic amines) is 2. The lowest BCUT2D eigenvalue weighted by atomic mass is 10.1. The summed E-state index contributed by atoms with van der Waals surface area (Å²) in [6.07, 6.45) is 2.83. The molecular weight excluding hydrogens is 220 g/mol. The molecule has 5 nitrogen and oxygen atoms in total.